The van der Waals surface area contributed by atoms with Gasteiger partial charge in [-0.15, -0.1) is 5.10 Å². The van der Waals surface area contributed by atoms with Gasteiger partial charge in [-0.2, -0.15) is 0 Å². The average Bonchev–Trinajstić information content (AvgIpc) is 2.74. The zero-order chi connectivity index (χ0) is 10.7. The molecule has 2 heterocycles. The van der Waals surface area contributed by atoms with E-state index in [1.54, 1.807) is 12.4 Å². The number of aromatic nitrogens is 3. The van der Waals surface area contributed by atoms with Crippen LogP contribution >= 0.6 is 27.5 Å². The van der Waals surface area contributed by atoms with Crippen LogP contribution in [0.4, 0.5) is 0 Å². The molecule has 78 valence electrons. The SMILES string of the molecule is OC(Cc1ccc(Br)cn1)c1cnns1. The van der Waals surface area contributed by atoms with Crippen LogP contribution in [-0.2, 0) is 6.42 Å². The van der Waals surface area contributed by atoms with Crippen molar-refractivity contribution in [2.45, 2.75) is 12.5 Å². The minimum Gasteiger partial charge on any atom is -0.387 e. The minimum atomic E-state index is -0.571. The fraction of sp³-hybridized carbons (Fsp3) is 0.222. The molecule has 4 nitrogen and oxygen atoms in total. The van der Waals surface area contributed by atoms with E-state index in [2.05, 4.69) is 30.5 Å². The summed E-state index contributed by atoms with van der Waals surface area (Å²) in [6.07, 6.45) is 3.21. The third kappa shape index (κ3) is 2.80. The van der Waals surface area contributed by atoms with Gasteiger partial charge >= 0.3 is 0 Å². The quantitative estimate of drug-likeness (QED) is 0.937. The smallest absolute Gasteiger partial charge is 0.0969 e. The van der Waals surface area contributed by atoms with Crippen LogP contribution in [0.1, 0.15) is 16.7 Å². The Morgan fingerprint density at radius 1 is 1.40 bits per heavy atom. The lowest BCUT2D eigenvalue weighted by atomic mass is 10.1. The van der Waals surface area contributed by atoms with Crippen molar-refractivity contribution in [2.24, 2.45) is 0 Å². The molecule has 1 N–H and O–H groups in total. The molecule has 1 unspecified atom stereocenters. The van der Waals surface area contributed by atoms with Crippen LogP contribution in [0.2, 0.25) is 0 Å². The van der Waals surface area contributed by atoms with Gasteiger partial charge < -0.3 is 5.11 Å². The molecule has 0 spiro atoms. The Morgan fingerprint density at radius 3 is 2.87 bits per heavy atom. The summed E-state index contributed by atoms with van der Waals surface area (Å²) in [5.74, 6) is 0. The highest BCUT2D eigenvalue weighted by Gasteiger charge is 2.11. The average molecular weight is 286 g/mol. The fourth-order valence-corrected chi connectivity index (χ4v) is 1.87. The second kappa shape index (κ2) is 4.78. The van der Waals surface area contributed by atoms with Gasteiger partial charge in [-0.1, -0.05) is 4.49 Å². The van der Waals surface area contributed by atoms with E-state index in [1.807, 2.05) is 12.1 Å². The molecule has 1 atom stereocenters. The van der Waals surface area contributed by atoms with Gasteiger partial charge in [0.1, 0.15) is 0 Å². The van der Waals surface area contributed by atoms with Gasteiger partial charge in [-0.25, -0.2) is 0 Å². The van der Waals surface area contributed by atoms with Crippen molar-refractivity contribution in [1.82, 2.24) is 14.6 Å². The van der Waals surface area contributed by atoms with Crippen molar-refractivity contribution in [3.8, 4) is 0 Å². The zero-order valence-corrected chi connectivity index (χ0v) is 10.1. The molecule has 0 amide bonds. The van der Waals surface area contributed by atoms with Crippen LogP contribution in [-0.4, -0.2) is 19.7 Å². The molecule has 2 rings (SSSR count). The van der Waals surface area contributed by atoms with Crippen LogP contribution in [0.3, 0.4) is 0 Å². The lowest BCUT2D eigenvalue weighted by Crippen LogP contribution is -2.01. The highest BCUT2D eigenvalue weighted by atomic mass is 79.9. The molecule has 0 fully saturated rings. The highest BCUT2D eigenvalue weighted by molar-refractivity contribution is 9.10. The van der Waals surface area contributed by atoms with E-state index >= 15 is 0 Å². The Bertz CT molecular complexity index is 417. The zero-order valence-electron chi connectivity index (χ0n) is 7.67. The summed E-state index contributed by atoms with van der Waals surface area (Å²) in [4.78, 5) is 4.95. The molecule has 0 aliphatic carbocycles. The topological polar surface area (TPSA) is 58.9 Å². The third-order valence-electron chi connectivity index (χ3n) is 1.90. The molecule has 0 aromatic carbocycles. The lowest BCUT2D eigenvalue weighted by molar-refractivity contribution is 0.181. The Labute approximate surface area is 99.3 Å². The number of pyridine rings is 1. The van der Waals surface area contributed by atoms with Crippen molar-refractivity contribution in [1.29, 1.82) is 0 Å². The number of rotatable bonds is 3. The van der Waals surface area contributed by atoms with Crippen molar-refractivity contribution >= 4 is 27.5 Å². The number of halogens is 1. The van der Waals surface area contributed by atoms with Gasteiger partial charge in [0, 0.05) is 22.8 Å². The summed E-state index contributed by atoms with van der Waals surface area (Å²) in [5.41, 5.74) is 0.846. The molecule has 0 bridgehead atoms. The fourth-order valence-electron chi connectivity index (χ4n) is 1.15. The van der Waals surface area contributed by atoms with Crippen LogP contribution < -0.4 is 0 Å². The second-order valence-electron chi connectivity index (χ2n) is 3.01. The molecule has 0 aliphatic heterocycles. The maximum atomic E-state index is 9.81. The van der Waals surface area contributed by atoms with Crippen molar-refractivity contribution in [3.63, 3.8) is 0 Å². The number of nitrogens with zero attached hydrogens (tertiary/aromatic N) is 3. The summed E-state index contributed by atoms with van der Waals surface area (Å²) < 4.78 is 4.63. The molecule has 2 aromatic heterocycles. The largest absolute Gasteiger partial charge is 0.387 e. The van der Waals surface area contributed by atoms with Gasteiger partial charge in [-0.05, 0) is 39.6 Å². The number of aliphatic hydroxyl groups is 1. The number of hydrogen-bond donors (Lipinski definition) is 1. The Hall–Kier alpha value is -0.850. The van der Waals surface area contributed by atoms with Crippen LogP contribution in [0, 0.1) is 0 Å². The first-order chi connectivity index (χ1) is 7.25. The van der Waals surface area contributed by atoms with E-state index in [-0.39, 0.29) is 0 Å². The van der Waals surface area contributed by atoms with E-state index in [0.29, 0.717) is 6.42 Å². The summed E-state index contributed by atoms with van der Waals surface area (Å²) in [6, 6.07) is 3.78. The van der Waals surface area contributed by atoms with Crippen molar-refractivity contribution < 1.29 is 5.11 Å². The predicted molar refractivity (Wildman–Crippen MR) is 60.5 cm³/mol. The molecule has 2 aromatic rings. The molecule has 0 saturated heterocycles. The normalized spacial score (nSPS) is 12.7. The molecule has 0 aliphatic rings. The lowest BCUT2D eigenvalue weighted by Gasteiger charge is -2.06. The first kappa shape index (κ1) is 10.7. The van der Waals surface area contributed by atoms with E-state index in [4.69, 9.17) is 0 Å². The van der Waals surface area contributed by atoms with Crippen molar-refractivity contribution in [3.05, 3.63) is 39.6 Å². The first-order valence-electron chi connectivity index (χ1n) is 4.31. The van der Waals surface area contributed by atoms with Crippen LogP contribution in [0.5, 0.6) is 0 Å². The summed E-state index contributed by atoms with van der Waals surface area (Å²) >= 11 is 4.51. The van der Waals surface area contributed by atoms with Gasteiger partial charge in [0.25, 0.3) is 0 Å². The summed E-state index contributed by atoms with van der Waals surface area (Å²) in [7, 11) is 0. The maximum Gasteiger partial charge on any atom is 0.0969 e. The Morgan fingerprint density at radius 2 is 2.27 bits per heavy atom. The molecule has 15 heavy (non-hydrogen) atoms. The van der Waals surface area contributed by atoms with Crippen LogP contribution in [0.25, 0.3) is 0 Å². The molecule has 6 heteroatoms. The molecular weight excluding hydrogens is 278 g/mol. The van der Waals surface area contributed by atoms with E-state index in [1.165, 1.54) is 11.5 Å². The van der Waals surface area contributed by atoms with Gasteiger partial charge in [0.05, 0.1) is 17.2 Å². The number of hydrogen-bond acceptors (Lipinski definition) is 5. The predicted octanol–water partition coefficient (Wildman–Crippen LogP) is 1.97. The highest BCUT2D eigenvalue weighted by Crippen LogP contribution is 2.19. The van der Waals surface area contributed by atoms with E-state index in [9.17, 15) is 5.11 Å². The summed E-state index contributed by atoms with van der Waals surface area (Å²) in [6.45, 7) is 0. The minimum absolute atomic E-state index is 0.483. The Kier molecular flexibility index (Phi) is 3.40. The summed E-state index contributed by atoms with van der Waals surface area (Å²) in [5, 5.41) is 13.5. The van der Waals surface area contributed by atoms with Crippen LogP contribution in [0.15, 0.2) is 29.0 Å². The molecular formula is C9H8BrN3OS. The third-order valence-corrected chi connectivity index (χ3v) is 3.13. The standard InChI is InChI=1S/C9H8BrN3OS/c10-6-1-2-7(11-4-6)3-8(14)9-5-12-13-15-9/h1-2,4-5,8,14H,3H2. The van der Waals surface area contributed by atoms with Gasteiger partial charge in [-0.3, -0.25) is 4.98 Å². The monoisotopic (exact) mass is 285 g/mol. The number of aliphatic hydroxyl groups excluding tert-OH is 1. The van der Waals surface area contributed by atoms with Gasteiger partial charge in [0.2, 0.25) is 0 Å². The van der Waals surface area contributed by atoms with E-state index < -0.39 is 6.10 Å². The van der Waals surface area contributed by atoms with Gasteiger partial charge in [0.15, 0.2) is 0 Å². The molecule has 0 radical (unpaired) electrons. The second-order valence-corrected chi connectivity index (χ2v) is 4.74. The first-order valence-corrected chi connectivity index (χ1v) is 5.88. The van der Waals surface area contributed by atoms with E-state index in [0.717, 1.165) is 15.0 Å². The molecule has 0 saturated carbocycles. The van der Waals surface area contributed by atoms with Crippen molar-refractivity contribution in [2.75, 3.05) is 0 Å². The maximum absolute atomic E-state index is 9.81. The Balaban J connectivity index is 2.06.